The molecule has 0 saturated carbocycles. The van der Waals surface area contributed by atoms with Crippen molar-refractivity contribution in [3.63, 3.8) is 0 Å². The second-order valence-corrected chi connectivity index (χ2v) is 6.09. The third-order valence-electron chi connectivity index (χ3n) is 3.01. The van der Waals surface area contributed by atoms with Crippen LogP contribution in [0.3, 0.4) is 0 Å². The van der Waals surface area contributed by atoms with Crippen LogP contribution in [0.5, 0.6) is 5.75 Å². The summed E-state index contributed by atoms with van der Waals surface area (Å²) in [6, 6.07) is 6.98. The molecule has 0 spiro atoms. The molecule has 2 nitrogen and oxygen atoms in total. The summed E-state index contributed by atoms with van der Waals surface area (Å²) in [4.78, 5) is 5.78. The van der Waals surface area contributed by atoms with Crippen molar-refractivity contribution in [2.75, 3.05) is 7.11 Å². The zero-order chi connectivity index (χ0) is 14.1. The number of benzene rings is 1. The van der Waals surface area contributed by atoms with Gasteiger partial charge in [0.05, 0.1) is 17.7 Å². The van der Waals surface area contributed by atoms with Crippen molar-refractivity contribution in [2.24, 2.45) is 0 Å². The number of nitrogens with zero attached hydrogens (tertiary/aromatic N) is 1. The van der Waals surface area contributed by atoms with Gasteiger partial charge in [0.2, 0.25) is 0 Å². The Hall–Kier alpha value is -1.72. The van der Waals surface area contributed by atoms with Crippen LogP contribution in [0.25, 0.3) is 21.1 Å². The van der Waals surface area contributed by atoms with Crippen LogP contribution in [0, 0.1) is 12.7 Å². The van der Waals surface area contributed by atoms with Crippen LogP contribution in [0.4, 0.5) is 4.39 Å². The van der Waals surface area contributed by atoms with Gasteiger partial charge < -0.3 is 4.74 Å². The van der Waals surface area contributed by atoms with Gasteiger partial charge in [-0.3, -0.25) is 0 Å². The lowest BCUT2D eigenvalue weighted by molar-refractivity contribution is 0.386. The lowest BCUT2D eigenvalue weighted by Gasteiger charge is -2.03. The predicted molar refractivity (Wildman–Crippen MR) is 82.1 cm³/mol. The predicted octanol–water partition coefficient (Wildman–Crippen LogP) is 4.99. The van der Waals surface area contributed by atoms with Crippen molar-refractivity contribution in [3.8, 4) is 26.9 Å². The van der Waals surface area contributed by atoms with Gasteiger partial charge in [-0.05, 0) is 42.1 Å². The zero-order valence-corrected chi connectivity index (χ0v) is 12.6. The van der Waals surface area contributed by atoms with Crippen LogP contribution in [-0.4, -0.2) is 12.1 Å². The summed E-state index contributed by atoms with van der Waals surface area (Å²) in [6.07, 6.45) is 0. The smallest absolute Gasteiger partial charge is 0.165 e. The molecule has 1 aromatic carbocycles. The van der Waals surface area contributed by atoms with E-state index in [1.165, 1.54) is 23.6 Å². The van der Waals surface area contributed by atoms with Crippen LogP contribution in [0.2, 0.25) is 0 Å². The molecule has 0 N–H and O–H groups in total. The Balaban J connectivity index is 1.98. The first kappa shape index (κ1) is 13.3. The first-order valence-corrected chi connectivity index (χ1v) is 7.79. The lowest BCUT2D eigenvalue weighted by Crippen LogP contribution is -1.88. The Morgan fingerprint density at radius 1 is 1.20 bits per heavy atom. The molecule has 0 unspecified atom stereocenters. The maximum atomic E-state index is 13.7. The quantitative estimate of drug-likeness (QED) is 0.679. The Bertz CT molecular complexity index is 748. The van der Waals surface area contributed by atoms with Crippen molar-refractivity contribution < 1.29 is 9.13 Å². The summed E-state index contributed by atoms with van der Waals surface area (Å²) in [5.74, 6) is -0.120. The van der Waals surface area contributed by atoms with Crippen LogP contribution >= 0.6 is 22.7 Å². The largest absolute Gasteiger partial charge is 0.494 e. The second-order valence-electron chi connectivity index (χ2n) is 4.32. The maximum Gasteiger partial charge on any atom is 0.165 e. The first-order chi connectivity index (χ1) is 9.69. The molecule has 0 radical (unpaired) electrons. The summed E-state index contributed by atoms with van der Waals surface area (Å²) >= 11 is 3.25. The van der Waals surface area contributed by atoms with Crippen molar-refractivity contribution in [1.29, 1.82) is 0 Å². The maximum absolute atomic E-state index is 13.7. The number of thiophene rings is 1. The van der Waals surface area contributed by atoms with Crippen LogP contribution in [-0.2, 0) is 0 Å². The fraction of sp³-hybridized carbons (Fsp3) is 0.133. The van der Waals surface area contributed by atoms with E-state index in [1.54, 1.807) is 28.7 Å². The summed E-state index contributed by atoms with van der Waals surface area (Å²) in [5, 5.41) is 4.98. The number of aryl methyl sites for hydroxylation is 1. The molecule has 0 atom stereocenters. The molecule has 0 aliphatic carbocycles. The fourth-order valence-corrected chi connectivity index (χ4v) is 3.86. The number of hydrogen-bond acceptors (Lipinski definition) is 4. The minimum Gasteiger partial charge on any atom is -0.494 e. The second kappa shape index (κ2) is 5.34. The van der Waals surface area contributed by atoms with E-state index in [0.717, 1.165) is 16.3 Å². The number of ether oxygens (including phenoxy) is 1. The van der Waals surface area contributed by atoms with Crippen molar-refractivity contribution in [3.05, 3.63) is 46.4 Å². The Labute approximate surface area is 124 Å². The molecule has 0 aliphatic rings. The highest BCUT2D eigenvalue weighted by Gasteiger charge is 2.11. The molecule has 2 aromatic heterocycles. The SMILES string of the molecule is COc1ccc(-c2csc(-c3sccc3C)n2)cc1F. The van der Waals surface area contributed by atoms with E-state index in [9.17, 15) is 4.39 Å². The van der Waals surface area contributed by atoms with Crippen molar-refractivity contribution in [1.82, 2.24) is 4.98 Å². The van der Waals surface area contributed by atoms with Crippen molar-refractivity contribution >= 4 is 22.7 Å². The highest BCUT2D eigenvalue weighted by Crippen LogP contribution is 2.34. The topological polar surface area (TPSA) is 22.1 Å². The van der Waals surface area contributed by atoms with E-state index >= 15 is 0 Å². The summed E-state index contributed by atoms with van der Waals surface area (Å²) < 4.78 is 18.7. The van der Waals surface area contributed by atoms with E-state index in [4.69, 9.17) is 4.74 Å². The standard InChI is InChI=1S/C15H12FNOS2/c1-9-5-6-19-14(9)15-17-12(8-20-15)10-3-4-13(18-2)11(16)7-10/h3-8H,1-2H3. The molecular weight excluding hydrogens is 293 g/mol. The Morgan fingerprint density at radius 2 is 2.05 bits per heavy atom. The first-order valence-electron chi connectivity index (χ1n) is 6.03. The number of hydrogen-bond donors (Lipinski definition) is 0. The average molecular weight is 305 g/mol. The number of thiazole rings is 1. The Morgan fingerprint density at radius 3 is 2.70 bits per heavy atom. The Kier molecular flexibility index (Phi) is 3.54. The van der Waals surface area contributed by atoms with E-state index in [2.05, 4.69) is 23.4 Å². The molecule has 3 aromatic rings. The van der Waals surface area contributed by atoms with E-state index in [1.807, 2.05) is 11.4 Å². The van der Waals surface area contributed by atoms with Gasteiger partial charge in [-0.1, -0.05) is 0 Å². The molecule has 5 heteroatoms. The molecular formula is C15H12FNOS2. The zero-order valence-electron chi connectivity index (χ0n) is 11.0. The fourth-order valence-electron chi connectivity index (χ4n) is 1.93. The van der Waals surface area contributed by atoms with Crippen LogP contribution in [0.15, 0.2) is 35.0 Å². The minimum absolute atomic E-state index is 0.248. The molecule has 0 bridgehead atoms. The third-order valence-corrected chi connectivity index (χ3v) is 5.02. The van der Waals surface area contributed by atoms with Crippen molar-refractivity contribution in [2.45, 2.75) is 6.92 Å². The molecule has 2 heterocycles. The van der Waals surface area contributed by atoms with E-state index < -0.39 is 0 Å². The number of aromatic nitrogens is 1. The number of halogens is 1. The van der Waals surface area contributed by atoms with E-state index in [0.29, 0.717) is 0 Å². The molecule has 0 fully saturated rings. The van der Waals surface area contributed by atoms with Crippen LogP contribution in [0.1, 0.15) is 5.56 Å². The third kappa shape index (κ3) is 2.34. The molecule has 102 valence electrons. The summed E-state index contributed by atoms with van der Waals surface area (Å²) in [6.45, 7) is 2.07. The van der Waals surface area contributed by atoms with Gasteiger partial charge in [-0.2, -0.15) is 0 Å². The van der Waals surface area contributed by atoms with Gasteiger partial charge >= 0.3 is 0 Å². The number of methoxy groups -OCH3 is 1. The average Bonchev–Trinajstić information content (AvgIpc) is 3.07. The van der Waals surface area contributed by atoms with Gasteiger partial charge in [0.15, 0.2) is 11.6 Å². The minimum atomic E-state index is -0.369. The molecule has 0 saturated heterocycles. The number of rotatable bonds is 3. The van der Waals surface area contributed by atoms with Gasteiger partial charge in [0.1, 0.15) is 5.01 Å². The molecule has 0 aliphatic heterocycles. The van der Waals surface area contributed by atoms with Crippen LogP contribution < -0.4 is 4.74 Å². The highest BCUT2D eigenvalue weighted by molar-refractivity contribution is 7.20. The highest BCUT2D eigenvalue weighted by atomic mass is 32.1. The summed E-state index contributed by atoms with van der Waals surface area (Å²) in [5.41, 5.74) is 2.77. The van der Waals surface area contributed by atoms with Gasteiger partial charge in [-0.15, -0.1) is 22.7 Å². The summed E-state index contributed by atoms with van der Waals surface area (Å²) in [7, 11) is 1.46. The normalized spacial score (nSPS) is 10.8. The van der Waals surface area contributed by atoms with Gasteiger partial charge in [0, 0.05) is 10.9 Å². The lowest BCUT2D eigenvalue weighted by atomic mass is 10.1. The monoisotopic (exact) mass is 305 g/mol. The van der Waals surface area contributed by atoms with E-state index in [-0.39, 0.29) is 11.6 Å². The molecule has 3 rings (SSSR count). The van der Waals surface area contributed by atoms with Gasteiger partial charge in [0.25, 0.3) is 0 Å². The molecule has 0 amide bonds. The van der Waals surface area contributed by atoms with Gasteiger partial charge in [-0.25, -0.2) is 9.37 Å². The molecule has 20 heavy (non-hydrogen) atoms.